The standard InChI is InChI=1S/C16H15ClN2O3S/c1-11(12-5-3-2-4-6-12)10-22-16(23)18-13-7-8-14(17)15(9-13)19(20)21/h2-9,11H,10H2,1H3,(H,18,23). The summed E-state index contributed by atoms with van der Waals surface area (Å²) >= 11 is 10.9. The van der Waals surface area contributed by atoms with Crippen molar-refractivity contribution in [2.75, 3.05) is 11.9 Å². The molecule has 0 heterocycles. The molecule has 120 valence electrons. The fraction of sp³-hybridized carbons (Fsp3) is 0.188. The third-order valence-corrected chi connectivity index (χ3v) is 3.76. The number of thiocarbonyl (C=S) groups is 1. The molecule has 0 amide bonds. The monoisotopic (exact) mass is 350 g/mol. The van der Waals surface area contributed by atoms with Gasteiger partial charge in [-0.3, -0.25) is 10.1 Å². The molecule has 2 aromatic carbocycles. The molecule has 5 nitrogen and oxygen atoms in total. The normalized spacial score (nSPS) is 11.6. The Labute approximate surface area is 144 Å². The van der Waals surface area contributed by atoms with Crippen molar-refractivity contribution in [1.82, 2.24) is 0 Å². The second-order valence-corrected chi connectivity index (χ2v) is 5.74. The zero-order valence-electron chi connectivity index (χ0n) is 12.4. The van der Waals surface area contributed by atoms with Gasteiger partial charge in [0.25, 0.3) is 10.9 Å². The Morgan fingerprint density at radius 3 is 2.70 bits per heavy atom. The van der Waals surface area contributed by atoms with Crippen molar-refractivity contribution in [2.24, 2.45) is 0 Å². The molecule has 23 heavy (non-hydrogen) atoms. The molecular weight excluding hydrogens is 336 g/mol. The van der Waals surface area contributed by atoms with Crippen LogP contribution < -0.4 is 5.32 Å². The van der Waals surface area contributed by atoms with Crippen LogP contribution in [0.3, 0.4) is 0 Å². The summed E-state index contributed by atoms with van der Waals surface area (Å²) in [5.74, 6) is 0.176. The number of nitro benzene ring substituents is 1. The van der Waals surface area contributed by atoms with Crippen LogP contribution in [0.2, 0.25) is 5.02 Å². The summed E-state index contributed by atoms with van der Waals surface area (Å²) < 4.78 is 5.51. The van der Waals surface area contributed by atoms with Gasteiger partial charge in [-0.05, 0) is 29.9 Å². The molecule has 0 bridgehead atoms. The molecule has 7 heteroatoms. The van der Waals surface area contributed by atoms with Gasteiger partial charge in [-0.1, -0.05) is 48.9 Å². The van der Waals surface area contributed by atoms with Gasteiger partial charge in [0.05, 0.1) is 11.5 Å². The van der Waals surface area contributed by atoms with E-state index >= 15 is 0 Å². The Morgan fingerprint density at radius 2 is 2.04 bits per heavy atom. The minimum absolute atomic E-state index is 0.0742. The van der Waals surface area contributed by atoms with Gasteiger partial charge in [0, 0.05) is 17.7 Å². The van der Waals surface area contributed by atoms with Crippen molar-refractivity contribution in [2.45, 2.75) is 12.8 Å². The number of ether oxygens (including phenoxy) is 1. The molecule has 0 saturated carbocycles. The number of nitrogens with zero attached hydrogens (tertiary/aromatic N) is 1. The molecular formula is C16H15ClN2O3S. The number of hydrogen-bond donors (Lipinski definition) is 1. The number of benzene rings is 2. The number of nitro groups is 1. The Balaban J connectivity index is 1.92. The molecule has 0 aliphatic carbocycles. The average molecular weight is 351 g/mol. The summed E-state index contributed by atoms with van der Waals surface area (Å²) in [6.45, 7) is 2.44. The summed E-state index contributed by atoms with van der Waals surface area (Å²) in [4.78, 5) is 10.3. The minimum atomic E-state index is -0.547. The molecule has 1 unspecified atom stereocenters. The number of hydrogen-bond acceptors (Lipinski definition) is 4. The summed E-state index contributed by atoms with van der Waals surface area (Å²) in [7, 11) is 0. The van der Waals surface area contributed by atoms with E-state index in [2.05, 4.69) is 5.32 Å². The van der Waals surface area contributed by atoms with E-state index in [1.807, 2.05) is 37.3 Å². The van der Waals surface area contributed by atoms with Crippen LogP contribution in [0, 0.1) is 10.1 Å². The SMILES string of the molecule is CC(COC(=S)Nc1ccc(Cl)c([N+](=O)[O-])c1)c1ccccc1. The first kappa shape index (κ1) is 17.2. The highest BCUT2D eigenvalue weighted by Gasteiger charge is 2.14. The van der Waals surface area contributed by atoms with E-state index in [0.29, 0.717) is 12.3 Å². The highest BCUT2D eigenvalue weighted by molar-refractivity contribution is 7.80. The van der Waals surface area contributed by atoms with Crippen molar-refractivity contribution in [1.29, 1.82) is 0 Å². The van der Waals surface area contributed by atoms with E-state index in [-0.39, 0.29) is 21.8 Å². The lowest BCUT2D eigenvalue weighted by Gasteiger charge is -2.15. The second-order valence-electron chi connectivity index (χ2n) is 4.96. The highest BCUT2D eigenvalue weighted by Crippen LogP contribution is 2.27. The Kier molecular flexibility index (Phi) is 5.90. The number of anilines is 1. The fourth-order valence-corrected chi connectivity index (χ4v) is 2.34. The molecule has 2 aromatic rings. The lowest BCUT2D eigenvalue weighted by Crippen LogP contribution is -2.16. The summed E-state index contributed by atoms with van der Waals surface area (Å²) in [5, 5.41) is 13.9. The van der Waals surface area contributed by atoms with Gasteiger partial charge in [-0.15, -0.1) is 0 Å². The second kappa shape index (κ2) is 7.89. The van der Waals surface area contributed by atoms with Gasteiger partial charge in [0.1, 0.15) is 5.02 Å². The van der Waals surface area contributed by atoms with Crippen molar-refractivity contribution in [3.05, 3.63) is 69.2 Å². The largest absolute Gasteiger partial charge is 0.470 e. The molecule has 0 radical (unpaired) electrons. The van der Waals surface area contributed by atoms with Crippen LogP contribution in [0.15, 0.2) is 48.5 Å². The van der Waals surface area contributed by atoms with Gasteiger partial charge in [-0.25, -0.2) is 0 Å². The Morgan fingerprint density at radius 1 is 1.35 bits per heavy atom. The third kappa shape index (κ3) is 4.91. The summed E-state index contributed by atoms with van der Waals surface area (Å²) in [5.41, 5.74) is 1.42. The van der Waals surface area contributed by atoms with Gasteiger partial charge in [0.15, 0.2) is 0 Å². The smallest absolute Gasteiger partial charge is 0.289 e. The predicted molar refractivity (Wildman–Crippen MR) is 95.1 cm³/mol. The van der Waals surface area contributed by atoms with Gasteiger partial charge in [-0.2, -0.15) is 0 Å². The zero-order chi connectivity index (χ0) is 16.8. The van der Waals surface area contributed by atoms with E-state index in [9.17, 15) is 10.1 Å². The lowest BCUT2D eigenvalue weighted by molar-refractivity contribution is -0.384. The van der Waals surface area contributed by atoms with E-state index in [1.54, 1.807) is 6.07 Å². The molecule has 0 fully saturated rings. The molecule has 1 atom stereocenters. The third-order valence-electron chi connectivity index (χ3n) is 3.22. The molecule has 0 saturated heterocycles. The average Bonchev–Trinajstić information content (AvgIpc) is 2.55. The van der Waals surface area contributed by atoms with Gasteiger partial charge in [0.2, 0.25) is 0 Å². The van der Waals surface area contributed by atoms with E-state index in [4.69, 9.17) is 28.6 Å². The van der Waals surface area contributed by atoms with E-state index in [1.165, 1.54) is 12.1 Å². The number of nitrogens with one attached hydrogen (secondary N) is 1. The molecule has 0 aliphatic heterocycles. The maximum absolute atomic E-state index is 10.9. The van der Waals surface area contributed by atoms with Crippen molar-refractivity contribution >= 4 is 40.4 Å². The minimum Gasteiger partial charge on any atom is -0.470 e. The first-order valence-electron chi connectivity index (χ1n) is 6.90. The zero-order valence-corrected chi connectivity index (χ0v) is 13.9. The quantitative estimate of drug-likeness (QED) is 0.478. The topological polar surface area (TPSA) is 64.4 Å². The van der Waals surface area contributed by atoms with E-state index < -0.39 is 4.92 Å². The maximum Gasteiger partial charge on any atom is 0.289 e. The van der Waals surface area contributed by atoms with Crippen LogP contribution in [0.1, 0.15) is 18.4 Å². The van der Waals surface area contributed by atoms with Crippen LogP contribution in [-0.2, 0) is 4.74 Å². The van der Waals surface area contributed by atoms with Crippen molar-refractivity contribution in [3.8, 4) is 0 Å². The highest BCUT2D eigenvalue weighted by atomic mass is 35.5. The van der Waals surface area contributed by atoms with Gasteiger partial charge < -0.3 is 10.1 Å². The predicted octanol–water partition coefficient (Wildman–Crippen LogP) is 4.77. The Bertz CT molecular complexity index is 710. The maximum atomic E-state index is 10.9. The van der Waals surface area contributed by atoms with Crippen molar-refractivity contribution in [3.63, 3.8) is 0 Å². The fourth-order valence-electron chi connectivity index (χ4n) is 1.96. The van der Waals surface area contributed by atoms with Crippen LogP contribution in [0.25, 0.3) is 0 Å². The first-order chi connectivity index (χ1) is 11.0. The number of rotatable bonds is 5. The first-order valence-corrected chi connectivity index (χ1v) is 7.68. The molecule has 1 N–H and O–H groups in total. The Hall–Kier alpha value is -2.18. The van der Waals surface area contributed by atoms with Crippen LogP contribution in [0.4, 0.5) is 11.4 Å². The molecule has 2 rings (SSSR count). The van der Waals surface area contributed by atoms with Crippen LogP contribution in [0.5, 0.6) is 0 Å². The number of halogens is 1. The summed E-state index contributed by atoms with van der Waals surface area (Å²) in [6.07, 6.45) is 0. The van der Waals surface area contributed by atoms with Crippen molar-refractivity contribution < 1.29 is 9.66 Å². The molecule has 0 aliphatic rings. The lowest BCUT2D eigenvalue weighted by atomic mass is 10.0. The van der Waals surface area contributed by atoms with Crippen LogP contribution in [-0.4, -0.2) is 16.7 Å². The van der Waals surface area contributed by atoms with Crippen LogP contribution >= 0.6 is 23.8 Å². The molecule has 0 spiro atoms. The van der Waals surface area contributed by atoms with Gasteiger partial charge >= 0.3 is 0 Å². The van der Waals surface area contributed by atoms with E-state index in [0.717, 1.165) is 5.56 Å². The summed E-state index contributed by atoms with van der Waals surface area (Å²) in [6, 6.07) is 14.3. The molecule has 0 aromatic heterocycles.